The van der Waals surface area contributed by atoms with Crippen LogP contribution in [0.4, 0.5) is 5.69 Å². The Hall–Kier alpha value is -3.60. The zero-order chi connectivity index (χ0) is 23.7. The van der Waals surface area contributed by atoms with Crippen molar-refractivity contribution in [1.29, 1.82) is 0 Å². The van der Waals surface area contributed by atoms with E-state index in [2.05, 4.69) is 31.3 Å². The van der Waals surface area contributed by atoms with Crippen LogP contribution in [0.5, 0.6) is 5.75 Å². The van der Waals surface area contributed by atoms with Gasteiger partial charge in [0.05, 0.1) is 12.2 Å². The molecular formula is C28H31NO4. The highest BCUT2D eigenvalue weighted by Gasteiger charge is 2.22. The van der Waals surface area contributed by atoms with Crippen LogP contribution in [0.25, 0.3) is 0 Å². The number of carbonyl (C=O) groups excluding carboxylic acids is 2. The molecule has 3 rings (SSSR count). The summed E-state index contributed by atoms with van der Waals surface area (Å²) >= 11 is 0. The Morgan fingerprint density at radius 3 is 2.12 bits per heavy atom. The van der Waals surface area contributed by atoms with Gasteiger partial charge in [-0.1, -0.05) is 69.7 Å². The van der Waals surface area contributed by atoms with Crippen LogP contribution in [0.2, 0.25) is 0 Å². The number of rotatable bonds is 10. The molecule has 0 heterocycles. The molecule has 0 radical (unpaired) electrons. The van der Waals surface area contributed by atoms with E-state index in [-0.39, 0.29) is 23.9 Å². The van der Waals surface area contributed by atoms with Crippen molar-refractivity contribution in [3.63, 3.8) is 0 Å². The Morgan fingerprint density at radius 1 is 0.848 bits per heavy atom. The summed E-state index contributed by atoms with van der Waals surface area (Å²) in [7, 11) is 0. The Balaban J connectivity index is 1.50. The van der Waals surface area contributed by atoms with Crippen LogP contribution in [0.3, 0.4) is 0 Å². The highest BCUT2D eigenvalue weighted by Crippen LogP contribution is 2.32. The fourth-order valence-electron chi connectivity index (χ4n) is 3.42. The van der Waals surface area contributed by atoms with Gasteiger partial charge >= 0.3 is 5.97 Å². The van der Waals surface area contributed by atoms with Crippen LogP contribution in [0, 0.1) is 0 Å². The summed E-state index contributed by atoms with van der Waals surface area (Å²) in [6.45, 7) is 6.71. The maximum absolute atomic E-state index is 12.3. The Kier molecular flexibility index (Phi) is 8.25. The molecule has 172 valence electrons. The first kappa shape index (κ1) is 24.1. The molecule has 5 heteroatoms. The Morgan fingerprint density at radius 2 is 1.48 bits per heavy atom. The molecule has 0 bridgehead atoms. The van der Waals surface area contributed by atoms with E-state index in [1.54, 1.807) is 24.3 Å². The molecule has 3 aromatic carbocycles. The third-order valence-corrected chi connectivity index (χ3v) is 5.58. The number of hydrogen-bond acceptors (Lipinski definition) is 4. The fourth-order valence-corrected chi connectivity index (χ4v) is 3.42. The Labute approximate surface area is 195 Å². The van der Waals surface area contributed by atoms with Crippen LogP contribution >= 0.6 is 0 Å². The van der Waals surface area contributed by atoms with Crippen molar-refractivity contribution in [2.24, 2.45) is 0 Å². The maximum atomic E-state index is 12.3. The smallest absolute Gasteiger partial charge is 0.338 e. The maximum Gasteiger partial charge on any atom is 0.338 e. The fraction of sp³-hybridized carbons (Fsp3) is 0.286. The first-order valence-corrected chi connectivity index (χ1v) is 11.3. The molecule has 0 spiro atoms. The van der Waals surface area contributed by atoms with E-state index < -0.39 is 0 Å². The second-order valence-electron chi connectivity index (χ2n) is 8.42. The second kappa shape index (κ2) is 11.3. The molecule has 0 fully saturated rings. The van der Waals surface area contributed by atoms with Gasteiger partial charge in [-0.25, -0.2) is 4.79 Å². The quantitative estimate of drug-likeness (QED) is 0.308. The van der Waals surface area contributed by atoms with Gasteiger partial charge in [0.15, 0.2) is 6.61 Å². The van der Waals surface area contributed by atoms with E-state index in [1.807, 2.05) is 49.4 Å². The van der Waals surface area contributed by atoms with E-state index >= 15 is 0 Å². The molecule has 3 aromatic rings. The van der Waals surface area contributed by atoms with Crippen molar-refractivity contribution in [2.75, 3.05) is 18.5 Å². The van der Waals surface area contributed by atoms with Crippen molar-refractivity contribution in [3.8, 4) is 5.75 Å². The Bertz CT molecular complexity index is 1040. The molecule has 1 N–H and O–H groups in total. The predicted molar refractivity (Wildman–Crippen MR) is 131 cm³/mol. The van der Waals surface area contributed by atoms with Crippen molar-refractivity contribution in [3.05, 3.63) is 95.6 Å². The topological polar surface area (TPSA) is 64.6 Å². The highest BCUT2D eigenvalue weighted by atomic mass is 16.5. The van der Waals surface area contributed by atoms with Crippen LogP contribution in [0.15, 0.2) is 78.9 Å². The lowest BCUT2D eigenvalue weighted by Crippen LogP contribution is -2.20. The third kappa shape index (κ3) is 6.69. The highest BCUT2D eigenvalue weighted by molar-refractivity contribution is 5.93. The average Bonchev–Trinajstić information content (AvgIpc) is 2.84. The van der Waals surface area contributed by atoms with Gasteiger partial charge in [0, 0.05) is 11.1 Å². The predicted octanol–water partition coefficient (Wildman–Crippen LogP) is 5.99. The van der Waals surface area contributed by atoms with Gasteiger partial charge in [-0.15, -0.1) is 0 Å². The van der Waals surface area contributed by atoms with Crippen molar-refractivity contribution < 1.29 is 19.1 Å². The lowest BCUT2D eigenvalue weighted by atomic mass is 9.78. The van der Waals surface area contributed by atoms with Crippen molar-refractivity contribution >= 4 is 17.6 Å². The number of benzene rings is 3. The first-order valence-electron chi connectivity index (χ1n) is 11.3. The molecule has 0 saturated carbocycles. The number of nitrogens with one attached hydrogen (secondary N) is 1. The van der Waals surface area contributed by atoms with E-state index in [9.17, 15) is 9.59 Å². The van der Waals surface area contributed by atoms with Gasteiger partial charge in [-0.2, -0.15) is 0 Å². The van der Waals surface area contributed by atoms with Crippen molar-refractivity contribution in [1.82, 2.24) is 0 Å². The molecule has 0 aliphatic carbocycles. The molecule has 0 atom stereocenters. The van der Waals surface area contributed by atoms with Gasteiger partial charge in [0.25, 0.3) is 5.91 Å². The van der Waals surface area contributed by atoms with Crippen LogP contribution in [-0.4, -0.2) is 25.1 Å². The number of anilines is 1. The number of esters is 1. The monoisotopic (exact) mass is 445 g/mol. The molecule has 0 unspecified atom stereocenters. The van der Waals surface area contributed by atoms with Crippen molar-refractivity contribution in [2.45, 2.75) is 39.0 Å². The SMILES string of the molecule is CCCCOC(=O)c1ccc(NC(=O)COc2ccc(C(C)(C)c3ccccc3)cc2)cc1. The van der Waals surface area contributed by atoms with E-state index in [0.717, 1.165) is 12.8 Å². The summed E-state index contributed by atoms with van der Waals surface area (Å²) in [5.74, 6) is -0.00607. The molecule has 0 aliphatic rings. The molecule has 0 saturated heterocycles. The van der Waals surface area contributed by atoms with E-state index in [4.69, 9.17) is 9.47 Å². The number of carbonyl (C=O) groups is 2. The number of ether oxygens (including phenoxy) is 2. The second-order valence-corrected chi connectivity index (χ2v) is 8.42. The average molecular weight is 446 g/mol. The lowest BCUT2D eigenvalue weighted by molar-refractivity contribution is -0.118. The van der Waals surface area contributed by atoms with E-state index in [0.29, 0.717) is 23.6 Å². The molecule has 0 aromatic heterocycles. The summed E-state index contributed by atoms with van der Waals surface area (Å²) in [4.78, 5) is 24.2. The summed E-state index contributed by atoms with van der Waals surface area (Å²) in [6.07, 6.45) is 1.81. The molecule has 1 amide bonds. The van der Waals surface area contributed by atoms with Gasteiger partial charge in [-0.05, 0) is 53.9 Å². The zero-order valence-corrected chi connectivity index (χ0v) is 19.5. The molecule has 0 aliphatic heterocycles. The van der Waals surface area contributed by atoms with Gasteiger partial charge in [-0.3, -0.25) is 4.79 Å². The number of hydrogen-bond donors (Lipinski definition) is 1. The summed E-state index contributed by atoms with van der Waals surface area (Å²) in [5.41, 5.74) is 3.32. The number of amides is 1. The minimum Gasteiger partial charge on any atom is -0.484 e. The summed E-state index contributed by atoms with van der Waals surface area (Å²) < 4.78 is 10.8. The van der Waals surface area contributed by atoms with Crippen LogP contribution in [0.1, 0.15) is 55.1 Å². The first-order chi connectivity index (χ1) is 15.9. The summed E-state index contributed by atoms with van der Waals surface area (Å²) in [6, 6.07) is 24.8. The summed E-state index contributed by atoms with van der Waals surface area (Å²) in [5, 5.41) is 2.77. The molecule has 5 nitrogen and oxygen atoms in total. The third-order valence-electron chi connectivity index (χ3n) is 5.58. The van der Waals surface area contributed by atoms with Crippen LogP contribution in [-0.2, 0) is 14.9 Å². The van der Waals surface area contributed by atoms with Gasteiger partial charge in [0.2, 0.25) is 0 Å². The normalized spacial score (nSPS) is 11.0. The van der Waals surface area contributed by atoms with Gasteiger partial charge < -0.3 is 14.8 Å². The molecular weight excluding hydrogens is 414 g/mol. The molecule has 33 heavy (non-hydrogen) atoms. The number of unbranched alkanes of at least 4 members (excludes halogenated alkanes) is 1. The standard InChI is InChI=1S/C28H31NO4/c1-4-5-19-32-27(31)21-11-15-24(16-12-21)29-26(30)20-33-25-17-13-23(14-18-25)28(2,3)22-9-7-6-8-10-22/h6-18H,4-5,19-20H2,1-3H3,(H,29,30). The largest absolute Gasteiger partial charge is 0.484 e. The minimum atomic E-state index is -0.358. The van der Waals surface area contributed by atoms with Crippen LogP contribution < -0.4 is 10.1 Å². The minimum absolute atomic E-state index is 0.109. The van der Waals surface area contributed by atoms with E-state index in [1.165, 1.54) is 11.1 Å². The van der Waals surface area contributed by atoms with Gasteiger partial charge in [0.1, 0.15) is 5.75 Å². The lowest BCUT2D eigenvalue weighted by Gasteiger charge is -2.26. The zero-order valence-electron chi connectivity index (χ0n) is 19.5.